The van der Waals surface area contributed by atoms with Gasteiger partial charge < -0.3 is 5.32 Å². The molecule has 3 rings (SSSR count). The highest BCUT2D eigenvalue weighted by Gasteiger charge is 2.00. The zero-order valence-electron chi connectivity index (χ0n) is 8.63. The molecule has 0 aliphatic carbocycles. The summed E-state index contributed by atoms with van der Waals surface area (Å²) >= 11 is 1.76. The molecule has 0 atom stereocenters. The second-order valence-electron chi connectivity index (χ2n) is 3.52. The van der Waals surface area contributed by atoms with Crippen molar-refractivity contribution in [3.05, 3.63) is 53.0 Å². The average molecular weight is 229 g/mol. The third-order valence-electron chi connectivity index (χ3n) is 2.47. The second kappa shape index (κ2) is 3.98. The Morgan fingerprint density at radius 1 is 1.25 bits per heavy atom. The van der Waals surface area contributed by atoms with Crippen molar-refractivity contribution in [3.8, 4) is 0 Å². The Hall–Kier alpha value is -1.81. The van der Waals surface area contributed by atoms with Gasteiger partial charge in [-0.15, -0.1) is 11.3 Å². The standard InChI is InChI=1S/C12H11N3S/c1-4-12-11(5-6-14-15(12)7-1)13-9-10-3-2-8-16-10/h1-8,13H,9H2. The average Bonchev–Trinajstić information content (AvgIpc) is 2.97. The minimum absolute atomic E-state index is 0.864. The summed E-state index contributed by atoms with van der Waals surface area (Å²) in [6.07, 6.45) is 3.76. The summed E-state index contributed by atoms with van der Waals surface area (Å²) in [7, 11) is 0. The third-order valence-corrected chi connectivity index (χ3v) is 3.35. The third kappa shape index (κ3) is 1.67. The number of fused-ring (bicyclic) bond motifs is 1. The molecule has 3 heterocycles. The molecule has 16 heavy (non-hydrogen) atoms. The maximum absolute atomic E-state index is 4.23. The predicted molar refractivity (Wildman–Crippen MR) is 66.8 cm³/mol. The zero-order valence-corrected chi connectivity index (χ0v) is 9.45. The summed E-state index contributed by atoms with van der Waals surface area (Å²) in [4.78, 5) is 1.33. The van der Waals surface area contributed by atoms with Crippen LogP contribution in [0.25, 0.3) is 5.52 Å². The smallest absolute Gasteiger partial charge is 0.0878 e. The van der Waals surface area contributed by atoms with E-state index in [4.69, 9.17) is 0 Å². The van der Waals surface area contributed by atoms with Gasteiger partial charge in [-0.05, 0) is 29.6 Å². The van der Waals surface area contributed by atoms with Crippen LogP contribution in [-0.2, 0) is 6.54 Å². The van der Waals surface area contributed by atoms with E-state index in [2.05, 4.69) is 34.0 Å². The summed E-state index contributed by atoms with van der Waals surface area (Å²) in [6.45, 7) is 0.864. The molecule has 0 aliphatic rings. The molecule has 0 amide bonds. The predicted octanol–water partition coefficient (Wildman–Crippen LogP) is 3.01. The van der Waals surface area contributed by atoms with Gasteiger partial charge in [-0.1, -0.05) is 6.07 Å². The molecule has 0 fully saturated rings. The van der Waals surface area contributed by atoms with Gasteiger partial charge >= 0.3 is 0 Å². The Labute approximate surface area is 97.3 Å². The fraction of sp³-hybridized carbons (Fsp3) is 0.0833. The van der Waals surface area contributed by atoms with E-state index in [0.29, 0.717) is 0 Å². The Morgan fingerprint density at radius 2 is 2.25 bits per heavy atom. The van der Waals surface area contributed by atoms with Crippen molar-refractivity contribution in [1.29, 1.82) is 0 Å². The second-order valence-corrected chi connectivity index (χ2v) is 4.55. The lowest BCUT2D eigenvalue weighted by atomic mass is 10.3. The summed E-state index contributed by atoms with van der Waals surface area (Å²) in [6, 6.07) is 10.3. The maximum Gasteiger partial charge on any atom is 0.0878 e. The SMILES string of the molecule is c1csc(CNc2ccnn3cccc23)c1. The first-order chi connectivity index (χ1) is 7.93. The van der Waals surface area contributed by atoms with E-state index in [1.54, 1.807) is 11.3 Å². The van der Waals surface area contributed by atoms with Crippen molar-refractivity contribution in [1.82, 2.24) is 9.61 Å². The molecule has 0 bridgehead atoms. The minimum atomic E-state index is 0.864. The van der Waals surface area contributed by atoms with Gasteiger partial charge in [0, 0.05) is 23.8 Å². The van der Waals surface area contributed by atoms with Crippen LogP contribution >= 0.6 is 11.3 Å². The monoisotopic (exact) mass is 229 g/mol. The number of hydrogen-bond acceptors (Lipinski definition) is 3. The van der Waals surface area contributed by atoms with Gasteiger partial charge in [0.15, 0.2) is 0 Å². The lowest BCUT2D eigenvalue weighted by Crippen LogP contribution is -2.00. The molecule has 3 nitrogen and oxygen atoms in total. The van der Waals surface area contributed by atoms with Crippen LogP contribution in [0.15, 0.2) is 48.1 Å². The first-order valence-corrected chi connectivity index (χ1v) is 6.00. The number of anilines is 1. The summed E-state index contributed by atoms with van der Waals surface area (Å²) in [5.41, 5.74) is 2.23. The van der Waals surface area contributed by atoms with Crippen LogP contribution in [0, 0.1) is 0 Å². The van der Waals surface area contributed by atoms with Crippen LogP contribution < -0.4 is 5.32 Å². The van der Waals surface area contributed by atoms with Crippen molar-refractivity contribution >= 4 is 22.5 Å². The number of aromatic nitrogens is 2. The number of nitrogens with zero attached hydrogens (tertiary/aromatic N) is 2. The highest BCUT2D eigenvalue weighted by molar-refractivity contribution is 7.09. The van der Waals surface area contributed by atoms with Gasteiger partial charge in [0.05, 0.1) is 11.2 Å². The van der Waals surface area contributed by atoms with Crippen LogP contribution in [0.5, 0.6) is 0 Å². The van der Waals surface area contributed by atoms with E-state index in [1.165, 1.54) is 4.88 Å². The number of nitrogens with one attached hydrogen (secondary N) is 1. The molecule has 1 N–H and O–H groups in total. The molecule has 0 saturated heterocycles. The largest absolute Gasteiger partial charge is 0.378 e. The van der Waals surface area contributed by atoms with Crippen molar-refractivity contribution in [2.75, 3.05) is 5.32 Å². The van der Waals surface area contributed by atoms with Gasteiger partial charge in [0.1, 0.15) is 0 Å². The van der Waals surface area contributed by atoms with E-state index in [0.717, 1.165) is 17.7 Å². The molecule has 0 aliphatic heterocycles. The number of hydrogen-bond donors (Lipinski definition) is 1. The first-order valence-electron chi connectivity index (χ1n) is 5.12. The highest BCUT2D eigenvalue weighted by Crippen LogP contribution is 2.17. The van der Waals surface area contributed by atoms with E-state index in [1.807, 2.05) is 29.0 Å². The Bertz CT molecular complexity index is 583. The Morgan fingerprint density at radius 3 is 3.12 bits per heavy atom. The zero-order chi connectivity index (χ0) is 10.8. The van der Waals surface area contributed by atoms with Gasteiger partial charge in [-0.25, -0.2) is 4.52 Å². The lowest BCUT2D eigenvalue weighted by molar-refractivity contribution is 0.939. The van der Waals surface area contributed by atoms with Crippen LogP contribution in [-0.4, -0.2) is 9.61 Å². The summed E-state index contributed by atoms with van der Waals surface area (Å²) in [5.74, 6) is 0. The van der Waals surface area contributed by atoms with Gasteiger partial charge in [-0.3, -0.25) is 0 Å². The molecule has 3 aromatic rings. The highest BCUT2D eigenvalue weighted by atomic mass is 32.1. The molecule has 0 unspecified atom stereocenters. The van der Waals surface area contributed by atoms with E-state index < -0.39 is 0 Å². The van der Waals surface area contributed by atoms with Gasteiger partial charge in [-0.2, -0.15) is 5.10 Å². The normalized spacial score (nSPS) is 10.8. The van der Waals surface area contributed by atoms with E-state index >= 15 is 0 Å². The molecule has 0 spiro atoms. The van der Waals surface area contributed by atoms with Crippen molar-refractivity contribution in [3.63, 3.8) is 0 Å². The minimum Gasteiger partial charge on any atom is -0.378 e. The fourth-order valence-corrected chi connectivity index (χ4v) is 2.34. The topological polar surface area (TPSA) is 29.3 Å². The maximum atomic E-state index is 4.23. The fourth-order valence-electron chi connectivity index (χ4n) is 1.70. The van der Waals surface area contributed by atoms with Crippen LogP contribution in [0.2, 0.25) is 0 Å². The Balaban J connectivity index is 1.86. The summed E-state index contributed by atoms with van der Waals surface area (Å²) in [5, 5.41) is 9.75. The quantitative estimate of drug-likeness (QED) is 0.748. The van der Waals surface area contributed by atoms with Gasteiger partial charge in [0.2, 0.25) is 0 Å². The van der Waals surface area contributed by atoms with Gasteiger partial charge in [0.25, 0.3) is 0 Å². The van der Waals surface area contributed by atoms with Crippen LogP contribution in [0.1, 0.15) is 4.88 Å². The molecule has 4 heteroatoms. The molecule has 80 valence electrons. The van der Waals surface area contributed by atoms with Crippen molar-refractivity contribution in [2.24, 2.45) is 0 Å². The molecule has 0 radical (unpaired) electrons. The molecule has 0 saturated carbocycles. The summed E-state index contributed by atoms with van der Waals surface area (Å²) < 4.78 is 1.87. The van der Waals surface area contributed by atoms with E-state index in [-0.39, 0.29) is 0 Å². The number of rotatable bonds is 3. The van der Waals surface area contributed by atoms with Crippen LogP contribution in [0.3, 0.4) is 0 Å². The number of thiophene rings is 1. The molecular formula is C12H11N3S. The van der Waals surface area contributed by atoms with Crippen molar-refractivity contribution in [2.45, 2.75) is 6.54 Å². The molecule has 3 aromatic heterocycles. The van der Waals surface area contributed by atoms with E-state index in [9.17, 15) is 0 Å². The Kier molecular flexibility index (Phi) is 2.34. The molecular weight excluding hydrogens is 218 g/mol. The molecule has 0 aromatic carbocycles. The van der Waals surface area contributed by atoms with Crippen LogP contribution in [0.4, 0.5) is 5.69 Å². The van der Waals surface area contributed by atoms with Crippen molar-refractivity contribution < 1.29 is 0 Å². The lowest BCUT2D eigenvalue weighted by Gasteiger charge is -2.06. The first kappa shape index (κ1) is 9.42.